The zero-order valence-corrected chi connectivity index (χ0v) is 29.9. The molecule has 0 radical (unpaired) electrons. The third-order valence-electron chi connectivity index (χ3n) is 12.1. The molecule has 2 fully saturated rings. The van der Waals surface area contributed by atoms with Crippen molar-refractivity contribution in [3.8, 4) is 0 Å². The Morgan fingerprint density at radius 2 is 0.778 bits per heavy atom. The minimum atomic E-state index is -2.29. The zero-order chi connectivity index (χ0) is 37.3. The van der Waals surface area contributed by atoms with Crippen LogP contribution in [0, 0.1) is 0 Å². The molecule has 6 aromatic rings. The van der Waals surface area contributed by atoms with Gasteiger partial charge in [-0.2, -0.15) is 0 Å². The van der Waals surface area contributed by atoms with Crippen LogP contribution in [0.15, 0.2) is 182 Å². The van der Waals surface area contributed by atoms with Crippen molar-refractivity contribution in [3.05, 3.63) is 215 Å². The largest absolute Gasteiger partial charge is 0.394 e. The number of hydrogen-bond acceptors (Lipinski definition) is 6. The van der Waals surface area contributed by atoms with Gasteiger partial charge in [0.2, 0.25) is 0 Å². The maximum Gasteiger partial charge on any atom is 0.131 e. The molecule has 11 atom stereocenters. The molecule has 6 aromatic carbocycles. The summed E-state index contributed by atoms with van der Waals surface area (Å²) >= 11 is 0. The molecule has 6 nitrogen and oxygen atoms in total. The predicted octanol–water partition coefficient (Wildman–Crippen LogP) is 7.24. The Balaban J connectivity index is 1.55. The molecule has 2 aliphatic rings. The van der Waals surface area contributed by atoms with Gasteiger partial charge in [0, 0.05) is 29.6 Å². The van der Waals surface area contributed by atoms with Crippen LogP contribution >= 0.6 is 0 Å². The quantitative estimate of drug-likeness (QED) is 0.102. The van der Waals surface area contributed by atoms with Crippen LogP contribution in [-0.2, 0) is 4.74 Å². The van der Waals surface area contributed by atoms with Crippen LogP contribution in [0.1, 0.15) is 69.1 Å². The van der Waals surface area contributed by atoms with E-state index in [-0.39, 0.29) is 5.92 Å². The molecular formula is C48H46O6. The Hall–Kier alpha value is -4.92. The lowest BCUT2D eigenvalue weighted by Gasteiger charge is -2.51. The lowest BCUT2D eigenvalue weighted by molar-refractivity contribution is -0.245. The monoisotopic (exact) mass is 718 g/mol. The summed E-state index contributed by atoms with van der Waals surface area (Å²) in [6.07, 6.45) is -6.27. The Labute approximate surface area is 316 Å². The van der Waals surface area contributed by atoms with Crippen LogP contribution in [-0.4, -0.2) is 61.7 Å². The minimum absolute atomic E-state index is 0.383. The SMILES string of the molecule is OC[C@@H](O)[C@@H](O)[C@H](O)[C@]1(O)C(c2ccccc2)C(c2ccccc2)C(c2ccccc2)C12OC(c1ccccc1)C(c1ccccc1)C2c1ccccc1. The average Bonchev–Trinajstić information content (AvgIpc) is 3.72. The van der Waals surface area contributed by atoms with E-state index in [1.54, 1.807) is 0 Å². The third-order valence-corrected chi connectivity index (χ3v) is 12.1. The van der Waals surface area contributed by atoms with E-state index in [0.717, 1.165) is 33.4 Å². The zero-order valence-electron chi connectivity index (χ0n) is 29.9. The first-order valence-corrected chi connectivity index (χ1v) is 18.8. The molecule has 8 rings (SSSR count). The van der Waals surface area contributed by atoms with E-state index in [4.69, 9.17) is 4.74 Å². The predicted molar refractivity (Wildman–Crippen MR) is 209 cm³/mol. The fourth-order valence-electron chi connectivity index (χ4n) is 10.0. The van der Waals surface area contributed by atoms with Crippen LogP contribution in [0.4, 0.5) is 0 Å². The summed E-state index contributed by atoms with van der Waals surface area (Å²) < 4.78 is 7.84. The Kier molecular flexibility index (Phi) is 10.1. The van der Waals surface area contributed by atoms with Crippen molar-refractivity contribution in [1.29, 1.82) is 0 Å². The van der Waals surface area contributed by atoms with E-state index < -0.39 is 65.9 Å². The van der Waals surface area contributed by atoms with E-state index in [2.05, 4.69) is 48.5 Å². The maximum atomic E-state index is 14.4. The van der Waals surface area contributed by atoms with E-state index in [9.17, 15) is 25.5 Å². The van der Waals surface area contributed by atoms with Crippen molar-refractivity contribution < 1.29 is 30.3 Å². The number of aliphatic hydroxyl groups is 5. The number of hydrogen-bond donors (Lipinski definition) is 5. The highest BCUT2D eigenvalue weighted by Gasteiger charge is 2.80. The molecule has 7 unspecified atom stereocenters. The molecule has 1 saturated carbocycles. The number of aliphatic hydroxyl groups excluding tert-OH is 4. The molecule has 54 heavy (non-hydrogen) atoms. The van der Waals surface area contributed by atoms with Crippen LogP contribution in [0.3, 0.4) is 0 Å². The van der Waals surface area contributed by atoms with Crippen LogP contribution in [0.5, 0.6) is 0 Å². The van der Waals surface area contributed by atoms with Crippen molar-refractivity contribution >= 4 is 0 Å². The second-order valence-electron chi connectivity index (χ2n) is 14.8. The molecule has 1 heterocycles. The summed E-state index contributed by atoms with van der Waals surface area (Å²) in [4.78, 5) is 0. The molecule has 5 N–H and O–H groups in total. The van der Waals surface area contributed by atoms with Crippen molar-refractivity contribution in [2.45, 2.75) is 65.2 Å². The van der Waals surface area contributed by atoms with Gasteiger partial charge in [0.15, 0.2) is 0 Å². The number of rotatable bonds is 10. The van der Waals surface area contributed by atoms with Gasteiger partial charge in [-0.15, -0.1) is 0 Å². The highest BCUT2D eigenvalue weighted by Crippen LogP contribution is 2.76. The molecule has 274 valence electrons. The van der Waals surface area contributed by atoms with E-state index in [1.807, 2.05) is 133 Å². The first-order chi connectivity index (χ1) is 26.4. The standard InChI is InChI=1S/C48H46O6/c49-31-38(50)44(51)46(52)47(53)41(34-23-11-3-12-24-34)39(32-19-7-1-8-20-32)42(35-25-13-4-14-26-35)48(47)43(36-27-15-5-16-28-36)40(33-21-9-2-10-22-33)45(54-48)37-29-17-6-18-30-37/h1-30,38-46,49-53H,31H2/t38-,39?,40?,41?,42?,43?,44-,45?,46+,47-,48?/m1/s1. The topological polar surface area (TPSA) is 110 Å². The molecule has 0 amide bonds. The Morgan fingerprint density at radius 3 is 1.19 bits per heavy atom. The van der Waals surface area contributed by atoms with Gasteiger partial charge in [-0.1, -0.05) is 182 Å². The third kappa shape index (κ3) is 5.82. The summed E-state index contributed by atoms with van der Waals surface area (Å²) in [7, 11) is 0. The van der Waals surface area contributed by atoms with Crippen LogP contribution in [0.25, 0.3) is 0 Å². The van der Waals surface area contributed by atoms with Gasteiger partial charge >= 0.3 is 0 Å². The molecule has 6 heteroatoms. The van der Waals surface area contributed by atoms with Gasteiger partial charge in [-0.25, -0.2) is 0 Å². The van der Waals surface area contributed by atoms with E-state index in [0.29, 0.717) is 0 Å². The van der Waals surface area contributed by atoms with Gasteiger partial charge < -0.3 is 30.3 Å². The van der Waals surface area contributed by atoms with Gasteiger partial charge in [-0.3, -0.25) is 0 Å². The maximum absolute atomic E-state index is 14.4. The fourth-order valence-corrected chi connectivity index (χ4v) is 10.0. The number of ether oxygens (including phenoxy) is 1. The van der Waals surface area contributed by atoms with Gasteiger partial charge in [0.05, 0.1) is 12.7 Å². The lowest BCUT2D eigenvalue weighted by Crippen LogP contribution is -2.68. The highest BCUT2D eigenvalue weighted by atomic mass is 16.5. The summed E-state index contributed by atoms with van der Waals surface area (Å²) in [5, 5.41) is 60.4. The minimum Gasteiger partial charge on any atom is -0.394 e. The second kappa shape index (κ2) is 15.1. The smallest absolute Gasteiger partial charge is 0.131 e. The molecule has 1 aliphatic heterocycles. The summed E-state index contributed by atoms with van der Waals surface area (Å²) in [5.41, 5.74) is 1.40. The Bertz CT molecular complexity index is 2040. The summed E-state index contributed by atoms with van der Waals surface area (Å²) in [6.45, 7) is -0.816. The summed E-state index contributed by atoms with van der Waals surface area (Å²) in [5.74, 6) is -3.00. The van der Waals surface area contributed by atoms with Crippen LogP contribution in [0.2, 0.25) is 0 Å². The first-order valence-electron chi connectivity index (χ1n) is 18.8. The lowest BCUT2D eigenvalue weighted by atomic mass is 9.59. The molecule has 1 spiro atoms. The highest BCUT2D eigenvalue weighted by molar-refractivity contribution is 5.53. The summed E-state index contributed by atoms with van der Waals surface area (Å²) in [6, 6.07) is 59.9. The second-order valence-corrected chi connectivity index (χ2v) is 14.8. The van der Waals surface area contributed by atoms with E-state index in [1.165, 1.54) is 0 Å². The fraction of sp³-hybridized carbons (Fsp3) is 0.250. The van der Waals surface area contributed by atoms with E-state index >= 15 is 0 Å². The van der Waals surface area contributed by atoms with Gasteiger partial charge in [-0.05, 0) is 33.4 Å². The first kappa shape index (κ1) is 36.1. The molecule has 1 saturated heterocycles. The number of benzene rings is 6. The molecular weight excluding hydrogens is 673 g/mol. The van der Waals surface area contributed by atoms with Crippen molar-refractivity contribution in [1.82, 2.24) is 0 Å². The van der Waals surface area contributed by atoms with Gasteiger partial charge in [0.1, 0.15) is 29.5 Å². The molecule has 0 aromatic heterocycles. The molecule has 1 aliphatic carbocycles. The average molecular weight is 719 g/mol. The van der Waals surface area contributed by atoms with Crippen molar-refractivity contribution in [3.63, 3.8) is 0 Å². The molecule has 0 bridgehead atoms. The van der Waals surface area contributed by atoms with Crippen molar-refractivity contribution in [2.24, 2.45) is 0 Å². The van der Waals surface area contributed by atoms with Crippen LogP contribution < -0.4 is 0 Å². The normalized spacial score (nSPS) is 29.5. The Morgan fingerprint density at radius 1 is 0.444 bits per heavy atom. The van der Waals surface area contributed by atoms with Crippen molar-refractivity contribution in [2.75, 3.05) is 6.61 Å². The van der Waals surface area contributed by atoms with Gasteiger partial charge in [0.25, 0.3) is 0 Å².